The summed E-state index contributed by atoms with van der Waals surface area (Å²) in [6.07, 6.45) is 4.78. The van der Waals surface area contributed by atoms with Gasteiger partial charge in [-0.2, -0.15) is 0 Å². The molecule has 0 spiro atoms. The number of hydrogen-bond acceptors (Lipinski definition) is 4. The zero-order valence-corrected chi connectivity index (χ0v) is 10.9. The molecule has 6 nitrogen and oxygen atoms in total. The quantitative estimate of drug-likeness (QED) is 0.571. The lowest BCUT2D eigenvalue weighted by Crippen LogP contribution is -2.48. The summed E-state index contributed by atoms with van der Waals surface area (Å²) < 4.78 is 0. The van der Waals surface area contributed by atoms with Gasteiger partial charge in [0.2, 0.25) is 5.91 Å². The molecule has 1 unspecified atom stereocenters. The second-order valence-corrected chi connectivity index (χ2v) is 5.18. The minimum atomic E-state index is -0.251. The molecule has 2 fully saturated rings. The molecule has 0 radical (unpaired) electrons. The summed E-state index contributed by atoms with van der Waals surface area (Å²) in [5.74, 6) is -0.395. The van der Waals surface area contributed by atoms with Gasteiger partial charge in [0.1, 0.15) is 0 Å². The molecule has 2 amide bonds. The Kier molecular flexibility index (Phi) is 4.54. The molecule has 102 valence electrons. The Morgan fingerprint density at radius 3 is 2.61 bits per heavy atom. The maximum atomic E-state index is 11.7. The number of hydrogen-bond donors (Lipinski definition) is 3. The third-order valence-electron chi connectivity index (χ3n) is 3.41. The van der Waals surface area contributed by atoms with Gasteiger partial charge in [-0.3, -0.25) is 25.3 Å². The minimum Gasteiger partial charge on any atom is -0.313 e. The first kappa shape index (κ1) is 13.3. The van der Waals surface area contributed by atoms with Crippen molar-refractivity contribution in [2.75, 3.05) is 19.6 Å². The molecule has 1 aliphatic carbocycles. The number of rotatable bonds is 5. The molecule has 1 atom stereocenters. The first-order valence-corrected chi connectivity index (χ1v) is 6.68. The zero-order chi connectivity index (χ0) is 13.0. The van der Waals surface area contributed by atoms with Gasteiger partial charge >= 0.3 is 0 Å². The smallest absolute Gasteiger partial charge is 0.252 e. The highest BCUT2D eigenvalue weighted by atomic mass is 16.2. The van der Waals surface area contributed by atoms with Gasteiger partial charge in [0.25, 0.3) is 5.91 Å². The summed E-state index contributed by atoms with van der Waals surface area (Å²) in [5.41, 5.74) is 4.74. The van der Waals surface area contributed by atoms with Crippen molar-refractivity contribution in [1.29, 1.82) is 0 Å². The van der Waals surface area contributed by atoms with E-state index in [1.54, 1.807) is 0 Å². The molecule has 2 aliphatic rings. The van der Waals surface area contributed by atoms with Crippen molar-refractivity contribution >= 4 is 11.8 Å². The molecule has 0 aromatic rings. The summed E-state index contributed by atoms with van der Waals surface area (Å²) in [7, 11) is 0. The van der Waals surface area contributed by atoms with Crippen LogP contribution < -0.4 is 16.2 Å². The standard InChI is InChI=1S/C12H22N4O2/c1-9(17)14-15-12(18)8-16(11-4-5-11)7-10-3-2-6-13-10/h10-11,13H,2-8H2,1H3,(H,14,17)(H,15,18). The SMILES string of the molecule is CC(=O)NNC(=O)CN(CC1CCCN1)C1CC1. The number of nitrogens with zero attached hydrogens (tertiary/aromatic N) is 1. The summed E-state index contributed by atoms with van der Waals surface area (Å²) >= 11 is 0. The number of amides is 2. The van der Waals surface area contributed by atoms with Crippen LogP contribution >= 0.6 is 0 Å². The molecule has 1 heterocycles. The lowest BCUT2D eigenvalue weighted by molar-refractivity contribution is -0.128. The van der Waals surface area contributed by atoms with E-state index < -0.39 is 0 Å². The fraction of sp³-hybridized carbons (Fsp3) is 0.833. The third kappa shape index (κ3) is 4.27. The van der Waals surface area contributed by atoms with Crippen molar-refractivity contribution in [3.8, 4) is 0 Å². The molecule has 0 aromatic carbocycles. The highest BCUT2D eigenvalue weighted by molar-refractivity contribution is 5.82. The van der Waals surface area contributed by atoms with Crippen LogP contribution in [0.25, 0.3) is 0 Å². The largest absolute Gasteiger partial charge is 0.313 e. The maximum absolute atomic E-state index is 11.7. The average molecular weight is 254 g/mol. The summed E-state index contributed by atoms with van der Waals surface area (Å²) in [4.78, 5) is 24.6. The van der Waals surface area contributed by atoms with Crippen molar-refractivity contribution in [3.05, 3.63) is 0 Å². The molecule has 0 aromatic heterocycles. The summed E-state index contributed by atoms with van der Waals surface area (Å²) in [6.45, 7) is 3.75. The first-order chi connectivity index (χ1) is 8.65. The first-order valence-electron chi connectivity index (χ1n) is 6.68. The molecule has 18 heavy (non-hydrogen) atoms. The predicted molar refractivity (Wildman–Crippen MR) is 67.6 cm³/mol. The van der Waals surface area contributed by atoms with E-state index in [0.29, 0.717) is 18.6 Å². The van der Waals surface area contributed by atoms with E-state index in [0.717, 1.165) is 13.1 Å². The fourth-order valence-electron chi connectivity index (χ4n) is 2.36. The number of carbonyl (C=O) groups excluding carboxylic acids is 2. The van der Waals surface area contributed by atoms with Crippen LogP contribution in [0.5, 0.6) is 0 Å². The molecule has 6 heteroatoms. The van der Waals surface area contributed by atoms with Crippen molar-refractivity contribution < 1.29 is 9.59 Å². The Morgan fingerprint density at radius 1 is 1.28 bits per heavy atom. The maximum Gasteiger partial charge on any atom is 0.252 e. The molecule has 1 saturated carbocycles. The lowest BCUT2D eigenvalue weighted by Gasteiger charge is -2.24. The van der Waals surface area contributed by atoms with Gasteiger partial charge in [-0.15, -0.1) is 0 Å². The average Bonchev–Trinajstić information content (AvgIpc) is 3.05. The van der Waals surface area contributed by atoms with Crippen LogP contribution in [-0.4, -0.2) is 48.4 Å². The van der Waals surface area contributed by atoms with Crippen molar-refractivity contribution in [1.82, 2.24) is 21.1 Å². The van der Waals surface area contributed by atoms with Gasteiger partial charge < -0.3 is 5.32 Å². The van der Waals surface area contributed by atoms with Crippen LogP contribution in [0, 0.1) is 0 Å². The van der Waals surface area contributed by atoms with E-state index in [4.69, 9.17) is 0 Å². The summed E-state index contributed by atoms with van der Waals surface area (Å²) in [6, 6.07) is 1.06. The van der Waals surface area contributed by atoms with Crippen LogP contribution in [0.2, 0.25) is 0 Å². The number of hydrazine groups is 1. The Balaban J connectivity index is 1.74. The number of nitrogens with one attached hydrogen (secondary N) is 3. The van der Waals surface area contributed by atoms with Crippen molar-refractivity contribution in [2.24, 2.45) is 0 Å². The van der Waals surface area contributed by atoms with Crippen LogP contribution in [0.15, 0.2) is 0 Å². The monoisotopic (exact) mass is 254 g/mol. The molecule has 3 N–H and O–H groups in total. The van der Waals surface area contributed by atoms with Crippen molar-refractivity contribution in [3.63, 3.8) is 0 Å². The van der Waals surface area contributed by atoms with E-state index in [-0.39, 0.29) is 11.8 Å². The van der Waals surface area contributed by atoms with Gasteiger partial charge in [0, 0.05) is 25.6 Å². The minimum absolute atomic E-state index is 0.143. The van der Waals surface area contributed by atoms with Crippen LogP contribution in [-0.2, 0) is 9.59 Å². The third-order valence-corrected chi connectivity index (χ3v) is 3.41. The molecule has 1 aliphatic heterocycles. The van der Waals surface area contributed by atoms with Crippen LogP contribution in [0.1, 0.15) is 32.6 Å². The van der Waals surface area contributed by atoms with E-state index in [9.17, 15) is 9.59 Å². The Labute approximate surface area is 107 Å². The van der Waals surface area contributed by atoms with E-state index in [1.807, 2.05) is 0 Å². The summed E-state index contributed by atoms with van der Waals surface area (Å²) in [5, 5.41) is 3.45. The van der Waals surface area contributed by atoms with Gasteiger partial charge in [-0.05, 0) is 32.2 Å². The van der Waals surface area contributed by atoms with Gasteiger partial charge in [-0.25, -0.2) is 0 Å². The van der Waals surface area contributed by atoms with E-state index in [2.05, 4.69) is 21.1 Å². The van der Waals surface area contributed by atoms with Gasteiger partial charge in [0.15, 0.2) is 0 Å². The van der Waals surface area contributed by atoms with E-state index >= 15 is 0 Å². The Bertz CT molecular complexity index is 311. The molecular formula is C12H22N4O2. The predicted octanol–water partition coefficient (Wildman–Crippen LogP) is -0.630. The highest BCUT2D eigenvalue weighted by Gasteiger charge is 2.32. The fourth-order valence-corrected chi connectivity index (χ4v) is 2.36. The number of carbonyl (C=O) groups is 2. The molecule has 2 rings (SSSR count). The lowest BCUT2D eigenvalue weighted by atomic mass is 10.2. The van der Waals surface area contributed by atoms with Crippen LogP contribution in [0.3, 0.4) is 0 Å². The molecule has 0 bridgehead atoms. The van der Waals surface area contributed by atoms with E-state index in [1.165, 1.54) is 32.6 Å². The second kappa shape index (κ2) is 6.15. The van der Waals surface area contributed by atoms with Crippen molar-refractivity contribution in [2.45, 2.75) is 44.7 Å². The van der Waals surface area contributed by atoms with Crippen LogP contribution in [0.4, 0.5) is 0 Å². The van der Waals surface area contributed by atoms with Gasteiger partial charge in [0.05, 0.1) is 6.54 Å². The normalized spacial score (nSPS) is 23.1. The molecule has 1 saturated heterocycles. The molecular weight excluding hydrogens is 232 g/mol. The zero-order valence-electron chi connectivity index (χ0n) is 10.9. The Morgan fingerprint density at radius 2 is 2.06 bits per heavy atom. The highest BCUT2D eigenvalue weighted by Crippen LogP contribution is 2.27. The topological polar surface area (TPSA) is 73.5 Å². The second-order valence-electron chi connectivity index (χ2n) is 5.18. The van der Waals surface area contributed by atoms with Gasteiger partial charge in [-0.1, -0.05) is 0 Å². The Hall–Kier alpha value is -1.14.